The number of amides is 2. The minimum absolute atomic E-state index is 0.0516. The number of nitrogens with one attached hydrogen (secondary N) is 1. The molecule has 9 heteroatoms. The number of fused-ring (bicyclic) bond motifs is 1. The first-order valence-corrected chi connectivity index (χ1v) is 11.6. The molecule has 2 aromatic heterocycles. The molecule has 3 aromatic rings. The Morgan fingerprint density at radius 2 is 2.09 bits per heavy atom. The molecule has 8 nitrogen and oxygen atoms in total. The van der Waals surface area contributed by atoms with E-state index in [0.29, 0.717) is 39.9 Å². The maximum Gasteiger partial charge on any atom is 0.276 e. The van der Waals surface area contributed by atoms with E-state index in [1.54, 1.807) is 17.9 Å². The molecular weight excluding hydrogens is 426 g/mol. The van der Waals surface area contributed by atoms with Crippen LogP contribution in [0.15, 0.2) is 24.3 Å². The summed E-state index contributed by atoms with van der Waals surface area (Å²) in [7, 11) is 1.65. The van der Waals surface area contributed by atoms with Crippen molar-refractivity contribution in [1.82, 2.24) is 19.7 Å². The Hall–Kier alpha value is -2.78. The zero-order chi connectivity index (χ0) is 23.0. The molecule has 0 bridgehead atoms. The van der Waals surface area contributed by atoms with E-state index in [-0.39, 0.29) is 23.4 Å². The van der Waals surface area contributed by atoms with Crippen LogP contribution in [0.1, 0.15) is 60.0 Å². The Labute approximate surface area is 191 Å². The third kappa shape index (κ3) is 4.27. The first kappa shape index (κ1) is 22.4. The van der Waals surface area contributed by atoms with Crippen molar-refractivity contribution in [3.05, 3.63) is 41.1 Å². The molecule has 3 heterocycles. The molecule has 1 saturated heterocycles. The molecule has 2 amide bonds. The van der Waals surface area contributed by atoms with E-state index >= 15 is 0 Å². The van der Waals surface area contributed by atoms with Crippen LogP contribution < -0.4 is 5.32 Å². The number of anilines is 1. The van der Waals surface area contributed by atoms with Crippen molar-refractivity contribution in [2.24, 2.45) is 0 Å². The van der Waals surface area contributed by atoms with Crippen molar-refractivity contribution in [3.8, 4) is 0 Å². The Kier molecular flexibility index (Phi) is 6.05. The molecule has 0 spiro atoms. The van der Waals surface area contributed by atoms with E-state index in [1.807, 2.05) is 50.8 Å². The van der Waals surface area contributed by atoms with Crippen molar-refractivity contribution in [3.63, 3.8) is 0 Å². The van der Waals surface area contributed by atoms with Crippen LogP contribution in [0.5, 0.6) is 0 Å². The highest BCUT2D eigenvalue weighted by molar-refractivity contribution is 7.22. The van der Waals surface area contributed by atoms with Gasteiger partial charge in [0.1, 0.15) is 4.70 Å². The lowest BCUT2D eigenvalue weighted by atomic mass is 10.1. The lowest BCUT2D eigenvalue weighted by molar-refractivity contribution is 0.0625. The molecule has 0 unspecified atom stereocenters. The second kappa shape index (κ2) is 8.63. The average Bonchev–Trinajstić information content (AvgIpc) is 3.42. The molecule has 1 aromatic carbocycles. The van der Waals surface area contributed by atoms with E-state index < -0.39 is 0 Å². The molecule has 1 aliphatic heterocycles. The minimum Gasteiger partial charge on any atom is -0.383 e. The summed E-state index contributed by atoms with van der Waals surface area (Å²) in [6.45, 7) is 9.19. The summed E-state index contributed by atoms with van der Waals surface area (Å²) in [5, 5.41) is 8.01. The molecule has 0 radical (unpaired) electrons. The standard InChI is InChI=1S/C23H29N5O3S/c1-14-8-6-9-15(12-14)20(29)25-22-24-19-18(32-22)17(26-28(19)23(2,3)4)21(30)27-11-7-10-16(27)13-31-5/h6,8-9,12,16H,7,10-11,13H2,1-5H3,(H,24,25,29)/t16-/m1/s1. The molecule has 4 rings (SSSR count). The van der Waals surface area contributed by atoms with Gasteiger partial charge in [0, 0.05) is 19.2 Å². The predicted octanol–water partition coefficient (Wildman–Crippen LogP) is 4.06. The van der Waals surface area contributed by atoms with Gasteiger partial charge in [-0.15, -0.1) is 0 Å². The summed E-state index contributed by atoms with van der Waals surface area (Å²) in [4.78, 5) is 32.7. The zero-order valence-electron chi connectivity index (χ0n) is 19.1. The number of aryl methyl sites for hydroxylation is 1. The molecule has 170 valence electrons. The third-order valence-electron chi connectivity index (χ3n) is 5.56. The maximum atomic E-state index is 13.5. The van der Waals surface area contributed by atoms with Gasteiger partial charge in [-0.3, -0.25) is 14.9 Å². The minimum atomic E-state index is -0.375. The lowest BCUT2D eigenvalue weighted by Gasteiger charge is -2.23. The van der Waals surface area contributed by atoms with Crippen molar-refractivity contribution in [2.75, 3.05) is 25.6 Å². The SMILES string of the molecule is COC[C@H]1CCCN1C(=O)c1nn(C(C)(C)C)c2nc(NC(=O)c3cccc(C)c3)sc12. The fraction of sp³-hybridized carbons (Fsp3) is 0.478. The average molecular weight is 456 g/mol. The summed E-state index contributed by atoms with van der Waals surface area (Å²) in [5.74, 6) is -0.342. The van der Waals surface area contributed by atoms with E-state index in [4.69, 9.17) is 4.74 Å². The quantitative estimate of drug-likeness (QED) is 0.627. The number of nitrogens with zero attached hydrogens (tertiary/aromatic N) is 4. The highest BCUT2D eigenvalue weighted by Crippen LogP contribution is 2.34. The van der Waals surface area contributed by atoms with E-state index in [9.17, 15) is 9.59 Å². The predicted molar refractivity (Wildman–Crippen MR) is 125 cm³/mol. The number of aromatic nitrogens is 3. The second-order valence-electron chi connectivity index (χ2n) is 9.18. The van der Waals surface area contributed by atoms with Crippen LogP contribution in [0, 0.1) is 6.92 Å². The second-order valence-corrected chi connectivity index (χ2v) is 10.2. The normalized spacial score (nSPS) is 16.7. The van der Waals surface area contributed by atoms with Gasteiger partial charge in [-0.1, -0.05) is 29.0 Å². The number of methoxy groups -OCH3 is 1. The first-order chi connectivity index (χ1) is 15.2. The number of likely N-dealkylation sites (tertiary alicyclic amines) is 1. The van der Waals surface area contributed by atoms with Crippen molar-refractivity contribution in [2.45, 2.75) is 52.1 Å². The number of hydrogen-bond acceptors (Lipinski definition) is 6. The van der Waals surface area contributed by atoms with Gasteiger partial charge in [0.2, 0.25) is 0 Å². The topological polar surface area (TPSA) is 89.3 Å². The highest BCUT2D eigenvalue weighted by atomic mass is 32.1. The van der Waals surface area contributed by atoms with Gasteiger partial charge in [0.25, 0.3) is 11.8 Å². The van der Waals surface area contributed by atoms with Crippen LogP contribution in [0.25, 0.3) is 10.3 Å². The Morgan fingerprint density at radius 3 is 2.78 bits per heavy atom. The Morgan fingerprint density at radius 1 is 1.31 bits per heavy atom. The number of carbonyl (C=O) groups excluding carboxylic acids is 2. The van der Waals surface area contributed by atoms with Gasteiger partial charge < -0.3 is 9.64 Å². The molecular formula is C23H29N5O3S. The van der Waals surface area contributed by atoms with Crippen LogP contribution in [0.2, 0.25) is 0 Å². The molecule has 1 fully saturated rings. The number of benzene rings is 1. The molecule has 1 aliphatic rings. The number of carbonyl (C=O) groups is 2. The first-order valence-electron chi connectivity index (χ1n) is 10.8. The fourth-order valence-electron chi connectivity index (χ4n) is 4.02. The third-order valence-corrected chi connectivity index (χ3v) is 6.53. The largest absolute Gasteiger partial charge is 0.383 e. The smallest absolute Gasteiger partial charge is 0.276 e. The van der Waals surface area contributed by atoms with Gasteiger partial charge in [0.05, 0.1) is 18.2 Å². The van der Waals surface area contributed by atoms with Crippen LogP contribution in [0.4, 0.5) is 5.13 Å². The number of ether oxygens (including phenoxy) is 1. The monoisotopic (exact) mass is 455 g/mol. The van der Waals surface area contributed by atoms with Gasteiger partial charge in [-0.05, 0) is 52.7 Å². The molecule has 1 N–H and O–H groups in total. The van der Waals surface area contributed by atoms with Crippen LogP contribution in [0.3, 0.4) is 0 Å². The molecule has 0 aliphatic carbocycles. The number of thiazole rings is 1. The number of rotatable bonds is 5. The Balaban J connectivity index is 1.70. The van der Waals surface area contributed by atoms with Crippen LogP contribution in [-0.2, 0) is 10.3 Å². The van der Waals surface area contributed by atoms with Gasteiger partial charge in [0.15, 0.2) is 16.5 Å². The lowest BCUT2D eigenvalue weighted by Crippen LogP contribution is -2.38. The van der Waals surface area contributed by atoms with Gasteiger partial charge in [-0.25, -0.2) is 4.68 Å². The Bertz CT molecular complexity index is 1160. The van der Waals surface area contributed by atoms with Crippen LogP contribution in [-0.4, -0.2) is 57.8 Å². The summed E-state index contributed by atoms with van der Waals surface area (Å²) < 4.78 is 7.77. The van der Waals surface area contributed by atoms with Gasteiger partial charge in [-0.2, -0.15) is 10.1 Å². The van der Waals surface area contributed by atoms with Crippen LogP contribution >= 0.6 is 11.3 Å². The maximum absolute atomic E-state index is 13.5. The summed E-state index contributed by atoms with van der Waals surface area (Å²) in [6, 6.07) is 7.45. The van der Waals surface area contributed by atoms with Crippen molar-refractivity contribution >= 4 is 38.6 Å². The fourth-order valence-corrected chi connectivity index (χ4v) is 4.94. The summed E-state index contributed by atoms with van der Waals surface area (Å²) in [5.41, 5.74) is 2.19. The molecule has 32 heavy (non-hydrogen) atoms. The van der Waals surface area contributed by atoms with E-state index in [1.165, 1.54) is 11.3 Å². The van der Waals surface area contributed by atoms with E-state index in [0.717, 1.165) is 18.4 Å². The van der Waals surface area contributed by atoms with Crippen molar-refractivity contribution < 1.29 is 14.3 Å². The van der Waals surface area contributed by atoms with Crippen molar-refractivity contribution in [1.29, 1.82) is 0 Å². The summed E-state index contributed by atoms with van der Waals surface area (Å²) >= 11 is 1.28. The molecule has 0 saturated carbocycles. The number of hydrogen-bond donors (Lipinski definition) is 1. The van der Waals surface area contributed by atoms with E-state index in [2.05, 4.69) is 15.4 Å². The summed E-state index contributed by atoms with van der Waals surface area (Å²) in [6.07, 6.45) is 1.87. The molecule has 1 atom stereocenters. The zero-order valence-corrected chi connectivity index (χ0v) is 20.0. The van der Waals surface area contributed by atoms with Gasteiger partial charge >= 0.3 is 0 Å². The highest BCUT2D eigenvalue weighted by Gasteiger charge is 2.34.